The number of hydrogen-bond acceptors (Lipinski definition) is 4. The van der Waals surface area contributed by atoms with E-state index in [1.165, 1.54) is 0 Å². The molecular formula is C18H31IN4O3. The number of carbonyl (C=O) groups is 1. The first-order chi connectivity index (χ1) is 12.0. The number of carbonyl (C=O) groups excluding carboxylic acids is 1. The van der Waals surface area contributed by atoms with E-state index >= 15 is 0 Å². The van der Waals surface area contributed by atoms with Crippen LogP contribution in [0.25, 0.3) is 0 Å². The van der Waals surface area contributed by atoms with Gasteiger partial charge in [0.05, 0.1) is 25.4 Å². The average molecular weight is 478 g/mol. The lowest BCUT2D eigenvalue weighted by atomic mass is 10.2. The van der Waals surface area contributed by atoms with Gasteiger partial charge in [-0.3, -0.25) is 9.79 Å². The standard InChI is InChI=1S/C18H30N4O3.HI/c1-5-22(6-2)17(23)11-12-20-18(19)21-15-13-14(24-7-3)9-10-16(15)25-8-4;/h9-10,13H,5-8,11-12H2,1-4H3,(H3,19,20,21);1H. The Morgan fingerprint density at radius 3 is 2.38 bits per heavy atom. The molecule has 0 aliphatic rings. The molecule has 8 heteroatoms. The number of nitrogens with zero attached hydrogens (tertiary/aromatic N) is 2. The predicted molar refractivity (Wildman–Crippen MR) is 117 cm³/mol. The summed E-state index contributed by atoms with van der Waals surface area (Å²) in [4.78, 5) is 18.0. The van der Waals surface area contributed by atoms with Crippen LogP contribution in [0.5, 0.6) is 11.5 Å². The highest BCUT2D eigenvalue weighted by atomic mass is 127. The molecule has 1 rings (SSSR count). The summed E-state index contributed by atoms with van der Waals surface area (Å²) in [6.07, 6.45) is 0.335. The molecule has 1 aromatic carbocycles. The van der Waals surface area contributed by atoms with Crippen LogP contribution in [0.3, 0.4) is 0 Å². The SMILES string of the molecule is CCOc1ccc(OCC)c(NC(N)=NCCC(=O)N(CC)CC)c1.I. The van der Waals surface area contributed by atoms with E-state index in [1.54, 1.807) is 4.90 Å². The van der Waals surface area contributed by atoms with Crippen molar-refractivity contribution in [2.75, 3.05) is 38.2 Å². The van der Waals surface area contributed by atoms with Crippen molar-refractivity contribution in [1.82, 2.24) is 4.90 Å². The third kappa shape index (κ3) is 8.11. The number of ether oxygens (including phenoxy) is 2. The normalized spacial score (nSPS) is 10.7. The van der Waals surface area contributed by atoms with Crippen molar-refractivity contribution >= 4 is 41.5 Å². The van der Waals surface area contributed by atoms with Gasteiger partial charge in [-0.25, -0.2) is 0 Å². The van der Waals surface area contributed by atoms with Crippen molar-refractivity contribution in [1.29, 1.82) is 0 Å². The smallest absolute Gasteiger partial charge is 0.224 e. The Kier molecular flexibility index (Phi) is 12.6. The second-order valence-corrected chi connectivity index (χ2v) is 5.23. The van der Waals surface area contributed by atoms with Gasteiger partial charge >= 0.3 is 0 Å². The van der Waals surface area contributed by atoms with Gasteiger partial charge in [0.2, 0.25) is 5.91 Å². The summed E-state index contributed by atoms with van der Waals surface area (Å²) in [5.74, 6) is 1.71. The first-order valence-corrected chi connectivity index (χ1v) is 8.79. The van der Waals surface area contributed by atoms with Crippen molar-refractivity contribution in [3.05, 3.63) is 18.2 Å². The Hall–Kier alpha value is -1.71. The van der Waals surface area contributed by atoms with Crippen molar-refractivity contribution in [3.8, 4) is 11.5 Å². The van der Waals surface area contributed by atoms with E-state index in [-0.39, 0.29) is 35.8 Å². The van der Waals surface area contributed by atoms with Crippen LogP contribution in [-0.2, 0) is 4.79 Å². The molecule has 0 unspecified atom stereocenters. The number of halogens is 1. The molecule has 0 aromatic heterocycles. The lowest BCUT2D eigenvalue weighted by Gasteiger charge is -2.18. The van der Waals surface area contributed by atoms with Crippen LogP contribution in [-0.4, -0.2) is 49.6 Å². The van der Waals surface area contributed by atoms with E-state index in [9.17, 15) is 4.79 Å². The van der Waals surface area contributed by atoms with Gasteiger partial charge in [-0.2, -0.15) is 0 Å². The summed E-state index contributed by atoms with van der Waals surface area (Å²) in [6, 6.07) is 5.49. The average Bonchev–Trinajstić information content (AvgIpc) is 2.58. The Balaban J connectivity index is 0.00000625. The maximum atomic E-state index is 12.0. The number of guanidine groups is 1. The highest BCUT2D eigenvalue weighted by molar-refractivity contribution is 14.0. The molecule has 1 amide bonds. The highest BCUT2D eigenvalue weighted by Gasteiger charge is 2.09. The minimum Gasteiger partial charge on any atom is -0.494 e. The number of amides is 1. The van der Waals surface area contributed by atoms with Crippen molar-refractivity contribution in [2.45, 2.75) is 34.1 Å². The van der Waals surface area contributed by atoms with Crippen LogP contribution in [0.1, 0.15) is 34.1 Å². The summed E-state index contributed by atoms with van der Waals surface area (Å²) in [5.41, 5.74) is 6.62. The van der Waals surface area contributed by atoms with Crippen LogP contribution < -0.4 is 20.5 Å². The van der Waals surface area contributed by atoms with Crippen LogP contribution in [0.4, 0.5) is 5.69 Å². The number of nitrogens with two attached hydrogens (primary N) is 1. The molecule has 0 aliphatic carbocycles. The number of aliphatic imine (C=N–C) groups is 1. The zero-order valence-electron chi connectivity index (χ0n) is 16.1. The maximum absolute atomic E-state index is 12.0. The van der Waals surface area contributed by atoms with Crippen molar-refractivity contribution in [3.63, 3.8) is 0 Å². The Labute approximate surface area is 173 Å². The molecule has 1 aromatic rings. The maximum Gasteiger partial charge on any atom is 0.224 e. The molecule has 7 nitrogen and oxygen atoms in total. The second kappa shape index (κ2) is 13.5. The fourth-order valence-corrected chi connectivity index (χ4v) is 2.33. The number of benzene rings is 1. The Morgan fingerprint density at radius 1 is 1.15 bits per heavy atom. The third-order valence-electron chi connectivity index (χ3n) is 3.55. The van der Waals surface area contributed by atoms with Gasteiger partial charge in [0.25, 0.3) is 0 Å². The Bertz CT molecular complexity index is 578. The molecule has 0 bridgehead atoms. The van der Waals surface area contributed by atoms with Crippen LogP contribution >= 0.6 is 24.0 Å². The van der Waals surface area contributed by atoms with Crippen LogP contribution in [0, 0.1) is 0 Å². The minimum absolute atomic E-state index is 0. The second-order valence-electron chi connectivity index (χ2n) is 5.23. The topological polar surface area (TPSA) is 89.2 Å². The van der Waals surface area contributed by atoms with Gasteiger partial charge in [0.15, 0.2) is 5.96 Å². The molecule has 0 radical (unpaired) electrons. The summed E-state index contributed by atoms with van der Waals surface area (Å²) >= 11 is 0. The van der Waals surface area contributed by atoms with E-state index in [4.69, 9.17) is 15.2 Å². The number of anilines is 1. The van der Waals surface area contributed by atoms with Gasteiger partial charge in [-0.05, 0) is 39.8 Å². The Morgan fingerprint density at radius 2 is 1.81 bits per heavy atom. The zero-order chi connectivity index (χ0) is 18.7. The highest BCUT2D eigenvalue weighted by Crippen LogP contribution is 2.29. The van der Waals surface area contributed by atoms with Gasteiger partial charge in [0, 0.05) is 25.6 Å². The van der Waals surface area contributed by atoms with E-state index in [2.05, 4.69) is 10.3 Å². The molecule has 3 N–H and O–H groups in total. The fourth-order valence-electron chi connectivity index (χ4n) is 2.33. The molecule has 148 valence electrons. The van der Waals surface area contributed by atoms with Gasteiger partial charge in [-0.15, -0.1) is 24.0 Å². The van der Waals surface area contributed by atoms with Crippen LogP contribution in [0.2, 0.25) is 0 Å². The largest absolute Gasteiger partial charge is 0.494 e. The van der Waals surface area contributed by atoms with Gasteiger partial charge in [-0.1, -0.05) is 0 Å². The van der Waals surface area contributed by atoms with Crippen LogP contribution in [0.15, 0.2) is 23.2 Å². The van der Waals surface area contributed by atoms with Gasteiger partial charge in [0.1, 0.15) is 11.5 Å². The molecule has 0 heterocycles. The third-order valence-corrected chi connectivity index (χ3v) is 3.55. The van der Waals surface area contributed by atoms with E-state index in [0.717, 1.165) is 5.75 Å². The van der Waals surface area contributed by atoms with E-state index < -0.39 is 0 Å². The molecule has 0 saturated carbocycles. The molecule has 0 spiro atoms. The summed E-state index contributed by atoms with van der Waals surface area (Å²) < 4.78 is 11.1. The lowest BCUT2D eigenvalue weighted by molar-refractivity contribution is -0.130. The quantitative estimate of drug-likeness (QED) is 0.307. The summed E-state index contributed by atoms with van der Waals surface area (Å²) in [5, 5.41) is 3.02. The molecule has 0 aliphatic heterocycles. The fraction of sp³-hybridized carbons (Fsp3) is 0.556. The monoisotopic (exact) mass is 478 g/mol. The summed E-state index contributed by atoms with van der Waals surface area (Å²) in [6.45, 7) is 10.6. The number of rotatable bonds is 10. The first-order valence-electron chi connectivity index (χ1n) is 8.79. The number of hydrogen-bond donors (Lipinski definition) is 2. The minimum atomic E-state index is 0. The van der Waals surface area contributed by atoms with E-state index in [1.807, 2.05) is 45.9 Å². The summed E-state index contributed by atoms with van der Waals surface area (Å²) in [7, 11) is 0. The van der Waals surface area contributed by atoms with Crippen molar-refractivity contribution in [2.24, 2.45) is 10.7 Å². The predicted octanol–water partition coefficient (Wildman–Crippen LogP) is 3.09. The van der Waals surface area contributed by atoms with E-state index in [0.29, 0.717) is 50.7 Å². The van der Waals surface area contributed by atoms with Gasteiger partial charge < -0.3 is 25.4 Å². The molecule has 0 saturated heterocycles. The van der Waals surface area contributed by atoms with Crippen molar-refractivity contribution < 1.29 is 14.3 Å². The molecule has 0 atom stereocenters. The molecule has 0 fully saturated rings. The zero-order valence-corrected chi connectivity index (χ0v) is 18.4. The molecular weight excluding hydrogens is 447 g/mol. The first kappa shape index (κ1) is 24.3. The number of nitrogens with one attached hydrogen (secondary N) is 1. The lowest BCUT2D eigenvalue weighted by Crippen LogP contribution is -2.31. The molecule has 26 heavy (non-hydrogen) atoms.